The van der Waals surface area contributed by atoms with E-state index in [0.717, 1.165) is 0 Å². The molecule has 0 N–H and O–H groups in total. The number of aromatic nitrogens is 3. The van der Waals surface area contributed by atoms with Crippen molar-refractivity contribution in [3.63, 3.8) is 0 Å². The molecule has 0 unspecified atom stereocenters. The summed E-state index contributed by atoms with van der Waals surface area (Å²) in [5.41, 5.74) is 0. The lowest BCUT2D eigenvalue weighted by Crippen LogP contribution is -2.09. The Morgan fingerprint density at radius 3 is 3.08 bits per heavy atom. The van der Waals surface area contributed by atoms with Gasteiger partial charge in [0.05, 0.1) is 6.67 Å². The summed E-state index contributed by atoms with van der Waals surface area (Å²) < 4.78 is 13.2. The molecule has 0 amide bonds. The molecule has 0 saturated heterocycles. The first-order chi connectivity index (χ1) is 5.75. The van der Waals surface area contributed by atoms with E-state index in [2.05, 4.69) is 10.1 Å². The number of hydrogen-bond acceptors (Lipinski definition) is 3. The molecule has 1 rings (SSSR count). The molecule has 1 heterocycles. The van der Waals surface area contributed by atoms with Crippen molar-refractivity contribution in [2.45, 2.75) is 19.9 Å². The van der Waals surface area contributed by atoms with Gasteiger partial charge in [-0.15, -0.1) is 0 Å². The average Bonchev–Trinajstić information content (AvgIpc) is 2.48. The highest BCUT2D eigenvalue weighted by molar-refractivity contribution is 5.90. The molecule has 0 atom stereocenters. The van der Waals surface area contributed by atoms with Crippen molar-refractivity contribution in [3.8, 4) is 0 Å². The zero-order chi connectivity index (χ0) is 8.97. The number of Topliss-reactive ketones (excluding diaryl/α,β-unsaturated/α-hetero) is 1. The molecule has 0 aliphatic carbocycles. The topological polar surface area (TPSA) is 47.8 Å². The number of hydrogen-bond donors (Lipinski definition) is 0. The summed E-state index contributed by atoms with van der Waals surface area (Å²) in [6.07, 6.45) is 1.67. The lowest BCUT2D eigenvalue weighted by atomic mass is 10.4. The highest BCUT2D eigenvalue weighted by Crippen LogP contribution is 1.97. The molecule has 0 aliphatic heterocycles. The van der Waals surface area contributed by atoms with E-state index in [1.165, 1.54) is 17.9 Å². The van der Waals surface area contributed by atoms with Gasteiger partial charge in [-0.1, -0.05) is 0 Å². The lowest BCUT2D eigenvalue weighted by molar-refractivity contribution is 0.0997. The molecule has 1 aromatic heterocycles. The van der Waals surface area contributed by atoms with Gasteiger partial charge in [0.2, 0.25) is 0 Å². The number of rotatable bonds is 4. The Hall–Kier alpha value is -1.26. The number of nitrogens with zero attached hydrogens (tertiary/aromatic N) is 3. The molecule has 4 nitrogen and oxygen atoms in total. The van der Waals surface area contributed by atoms with Gasteiger partial charge in [-0.3, -0.25) is 9.18 Å². The highest BCUT2D eigenvalue weighted by atomic mass is 19.1. The van der Waals surface area contributed by atoms with Gasteiger partial charge in [0, 0.05) is 13.5 Å². The van der Waals surface area contributed by atoms with Gasteiger partial charge in [0.1, 0.15) is 6.33 Å². The summed E-state index contributed by atoms with van der Waals surface area (Å²) in [7, 11) is 0. The molecule has 0 bridgehead atoms. The second-order valence-corrected chi connectivity index (χ2v) is 2.41. The van der Waals surface area contributed by atoms with E-state index in [9.17, 15) is 9.18 Å². The van der Waals surface area contributed by atoms with E-state index < -0.39 is 6.67 Å². The minimum absolute atomic E-state index is 0.147. The van der Waals surface area contributed by atoms with E-state index in [1.807, 2.05) is 0 Å². The second-order valence-electron chi connectivity index (χ2n) is 2.41. The summed E-state index contributed by atoms with van der Waals surface area (Å²) in [5, 5.41) is 3.79. The molecule has 0 fully saturated rings. The van der Waals surface area contributed by atoms with E-state index in [-0.39, 0.29) is 5.78 Å². The zero-order valence-corrected chi connectivity index (χ0v) is 6.83. The van der Waals surface area contributed by atoms with Crippen molar-refractivity contribution in [3.05, 3.63) is 12.2 Å². The maximum Gasteiger partial charge on any atom is 0.196 e. The molecular weight excluding hydrogens is 161 g/mol. The van der Waals surface area contributed by atoms with Crippen LogP contribution in [0.25, 0.3) is 0 Å². The van der Waals surface area contributed by atoms with Gasteiger partial charge < -0.3 is 0 Å². The van der Waals surface area contributed by atoms with Crippen LogP contribution in [-0.4, -0.2) is 27.2 Å². The van der Waals surface area contributed by atoms with Crippen molar-refractivity contribution < 1.29 is 9.18 Å². The van der Waals surface area contributed by atoms with E-state index in [1.54, 1.807) is 0 Å². The predicted molar refractivity (Wildman–Crippen MR) is 40.6 cm³/mol. The Labute approximate surface area is 69.4 Å². The summed E-state index contributed by atoms with van der Waals surface area (Å²) in [4.78, 5) is 14.6. The van der Waals surface area contributed by atoms with Crippen LogP contribution in [0, 0.1) is 0 Å². The smallest absolute Gasteiger partial charge is 0.196 e. The van der Waals surface area contributed by atoms with Gasteiger partial charge in [0.15, 0.2) is 11.6 Å². The van der Waals surface area contributed by atoms with Crippen molar-refractivity contribution in [1.29, 1.82) is 0 Å². The summed E-state index contributed by atoms with van der Waals surface area (Å²) in [6.45, 7) is 1.42. The van der Waals surface area contributed by atoms with Crippen LogP contribution in [0.15, 0.2) is 6.33 Å². The van der Waals surface area contributed by atoms with Crippen molar-refractivity contribution in [1.82, 2.24) is 14.8 Å². The largest absolute Gasteiger partial charge is 0.291 e. The average molecular weight is 171 g/mol. The van der Waals surface area contributed by atoms with Crippen LogP contribution in [0.4, 0.5) is 4.39 Å². The normalized spacial score (nSPS) is 10.2. The molecule has 12 heavy (non-hydrogen) atoms. The number of halogens is 1. The number of carbonyl (C=O) groups excluding carboxylic acids is 1. The first-order valence-electron chi connectivity index (χ1n) is 3.70. The monoisotopic (exact) mass is 171 g/mol. The Kier molecular flexibility index (Phi) is 2.90. The van der Waals surface area contributed by atoms with E-state index >= 15 is 0 Å². The zero-order valence-electron chi connectivity index (χ0n) is 6.83. The Morgan fingerprint density at radius 1 is 1.75 bits per heavy atom. The molecule has 0 aliphatic rings. The molecule has 0 spiro atoms. The predicted octanol–water partition coefficient (Wildman–Crippen LogP) is 0.840. The number of ketones is 1. The number of alkyl halides is 1. The van der Waals surface area contributed by atoms with Gasteiger partial charge >= 0.3 is 0 Å². The Morgan fingerprint density at radius 2 is 2.50 bits per heavy atom. The Balaban J connectivity index is 2.70. The Bertz CT molecular complexity index is 271. The van der Waals surface area contributed by atoms with Crippen molar-refractivity contribution in [2.75, 3.05) is 6.67 Å². The quantitative estimate of drug-likeness (QED) is 0.630. The maximum absolute atomic E-state index is 11.8. The molecule has 0 aromatic carbocycles. The SMILES string of the molecule is CC(=O)c1ncnn1CCCF. The van der Waals surface area contributed by atoms with Crippen LogP contribution in [0.1, 0.15) is 24.0 Å². The third-order valence-corrected chi connectivity index (χ3v) is 1.43. The second kappa shape index (κ2) is 3.94. The van der Waals surface area contributed by atoms with E-state index in [4.69, 9.17) is 0 Å². The van der Waals surface area contributed by atoms with Crippen LogP contribution in [0.3, 0.4) is 0 Å². The lowest BCUT2D eigenvalue weighted by Gasteiger charge is -1.99. The van der Waals surface area contributed by atoms with Gasteiger partial charge in [-0.2, -0.15) is 5.10 Å². The van der Waals surface area contributed by atoms with Crippen LogP contribution in [0.2, 0.25) is 0 Å². The molecule has 1 aromatic rings. The van der Waals surface area contributed by atoms with Crippen LogP contribution in [0.5, 0.6) is 0 Å². The molecule has 5 heteroatoms. The first kappa shape index (κ1) is 8.83. The molecular formula is C7H10FN3O. The van der Waals surface area contributed by atoms with Crippen LogP contribution >= 0.6 is 0 Å². The summed E-state index contributed by atoms with van der Waals surface area (Å²) >= 11 is 0. The van der Waals surface area contributed by atoms with Crippen molar-refractivity contribution in [2.24, 2.45) is 0 Å². The number of aryl methyl sites for hydroxylation is 1. The van der Waals surface area contributed by atoms with Crippen LogP contribution < -0.4 is 0 Å². The fourth-order valence-electron chi connectivity index (χ4n) is 0.910. The third kappa shape index (κ3) is 1.87. The third-order valence-electron chi connectivity index (χ3n) is 1.43. The fraction of sp³-hybridized carbons (Fsp3) is 0.571. The molecule has 0 radical (unpaired) electrons. The van der Waals surface area contributed by atoms with Gasteiger partial charge in [0.25, 0.3) is 0 Å². The van der Waals surface area contributed by atoms with Crippen molar-refractivity contribution >= 4 is 5.78 Å². The summed E-state index contributed by atoms with van der Waals surface area (Å²) in [5.74, 6) is 0.148. The molecule has 66 valence electrons. The highest BCUT2D eigenvalue weighted by Gasteiger charge is 2.07. The summed E-state index contributed by atoms with van der Waals surface area (Å²) in [6, 6.07) is 0. The minimum Gasteiger partial charge on any atom is -0.291 e. The fourth-order valence-corrected chi connectivity index (χ4v) is 0.910. The maximum atomic E-state index is 11.8. The van der Waals surface area contributed by atoms with Crippen LogP contribution in [-0.2, 0) is 6.54 Å². The van der Waals surface area contributed by atoms with Gasteiger partial charge in [-0.25, -0.2) is 9.67 Å². The molecule has 0 saturated carbocycles. The first-order valence-corrected chi connectivity index (χ1v) is 3.70. The number of carbonyl (C=O) groups is 1. The van der Waals surface area contributed by atoms with E-state index in [0.29, 0.717) is 18.8 Å². The standard InChI is InChI=1S/C7H10FN3O/c1-6(12)7-9-5-10-11(7)4-2-3-8/h5H,2-4H2,1H3. The minimum atomic E-state index is -0.406. The van der Waals surface area contributed by atoms with Gasteiger partial charge in [-0.05, 0) is 6.42 Å².